The number of carbonyl (C=O) groups is 2. The van der Waals surface area contributed by atoms with Crippen molar-refractivity contribution in [3.63, 3.8) is 0 Å². The van der Waals surface area contributed by atoms with E-state index in [1.165, 1.54) is 0 Å². The Kier molecular flexibility index (Phi) is 5.07. The predicted molar refractivity (Wildman–Crippen MR) is 97.9 cm³/mol. The maximum Gasteiger partial charge on any atom is 0.319 e. The van der Waals surface area contributed by atoms with Crippen molar-refractivity contribution in [1.29, 1.82) is 0 Å². The van der Waals surface area contributed by atoms with E-state index in [-0.39, 0.29) is 18.0 Å². The van der Waals surface area contributed by atoms with E-state index in [0.29, 0.717) is 13.0 Å². The summed E-state index contributed by atoms with van der Waals surface area (Å²) in [5.41, 5.74) is 2.77. The zero-order valence-corrected chi connectivity index (χ0v) is 14.7. The van der Waals surface area contributed by atoms with Gasteiger partial charge >= 0.3 is 6.03 Å². The van der Waals surface area contributed by atoms with E-state index < -0.39 is 0 Å². The molecule has 132 valence electrons. The maximum atomic E-state index is 12.3. The first-order chi connectivity index (χ1) is 12.1. The number of hydrogen-bond donors (Lipinski definition) is 2. The Hall–Kier alpha value is -2.76. The van der Waals surface area contributed by atoms with Gasteiger partial charge in [0.05, 0.1) is 6.04 Å². The van der Waals surface area contributed by atoms with Crippen LogP contribution in [0.25, 0.3) is 5.69 Å². The quantitative estimate of drug-likeness (QED) is 0.879. The third kappa shape index (κ3) is 3.84. The van der Waals surface area contributed by atoms with E-state index in [9.17, 15) is 9.59 Å². The molecule has 2 N–H and O–H groups in total. The van der Waals surface area contributed by atoms with Crippen molar-refractivity contribution in [1.82, 2.24) is 14.8 Å². The van der Waals surface area contributed by atoms with Gasteiger partial charge in [-0.3, -0.25) is 4.79 Å². The van der Waals surface area contributed by atoms with E-state index in [1.54, 1.807) is 0 Å². The van der Waals surface area contributed by atoms with Gasteiger partial charge in [0.2, 0.25) is 5.91 Å². The van der Waals surface area contributed by atoms with Crippen LogP contribution in [0, 0.1) is 6.92 Å². The van der Waals surface area contributed by atoms with Crippen LogP contribution in [0.2, 0.25) is 0 Å². The molecular weight excluding hydrogens is 316 g/mol. The molecule has 1 saturated heterocycles. The van der Waals surface area contributed by atoms with E-state index in [2.05, 4.69) is 10.6 Å². The van der Waals surface area contributed by atoms with Crippen LogP contribution in [0.3, 0.4) is 0 Å². The second-order valence-corrected chi connectivity index (χ2v) is 6.38. The molecule has 1 fully saturated rings. The molecule has 2 aromatic rings. The standard InChI is InChI=1S/C19H24N4O2/c1-3-9-23-13-15(12-18(23)24)20-19(25)21-16-7-6-8-17(14(16)2)22-10-4-5-11-22/h4-8,10-11,15H,3,9,12-13H2,1-2H3,(H2,20,21,25). The van der Waals surface area contributed by atoms with Gasteiger partial charge in [-0.05, 0) is 43.2 Å². The highest BCUT2D eigenvalue weighted by molar-refractivity contribution is 5.91. The van der Waals surface area contributed by atoms with Gasteiger partial charge < -0.3 is 20.1 Å². The molecule has 0 aliphatic carbocycles. The van der Waals surface area contributed by atoms with Gasteiger partial charge in [-0.25, -0.2) is 4.79 Å². The number of nitrogens with zero attached hydrogens (tertiary/aromatic N) is 2. The second-order valence-electron chi connectivity index (χ2n) is 6.38. The van der Waals surface area contributed by atoms with Crippen molar-refractivity contribution in [2.24, 2.45) is 0 Å². The number of amides is 3. The summed E-state index contributed by atoms with van der Waals surface area (Å²) < 4.78 is 2.01. The number of nitrogens with one attached hydrogen (secondary N) is 2. The molecule has 1 atom stereocenters. The van der Waals surface area contributed by atoms with Crippen molar-refractivity contribution in [2.45, 2.75) is 32.7 Å². The molecule has 0 spiro atoms. The van der Waals surface area contributed by atoms with Crippen molar-refractivity contribution in [2.75, 3.05) is 18.4 Å². The van der Waals surface area contributed by atoms with Crippen LogP contribution in [-0.2, 0) is 4.79 Å². The highest BCUT2D eigenvalue weighted by Crippen LogP contribution is 2.22. The summed E-state index contributed by atoms with van der Waals surface area (Å²) in [6, 6.07) is 9.33. The third-order valence-corrected chi connectivity index (χ3v) is 4.48. The second kappa shape index (κ2) is 7.42. The van der Waals surface area contributed by atoms with E-state index in [1.807, 2.05) is 66.0 Å². The van der Waals surface area contributed by atoms with Crippen molar-refractivity contribution < 1.29 is 9.59 Å². The summed E-state index contributed by atoms with van der Waals surface area (Å²) in [5, 5.41) is 5.82. The van der Waals surface area contributed by atoms with E-state index in [4.69, 9.17) is 0 Å². The Morgan fingerprint density at radius 3 is 2.72 bits per heavy atom. The van der Waals surface area contributed by atoms with Crippen molar-refractivity contribution in [3.05, 3.63) is 48.3 Å². The summed E-state index contributed by atoms with van der Waals surface area (Å²) >= 11 is 0. The van der Waals surface area contributed by atoms with Gasteiger partial charge in [-0.2, -0.15) is 0 Å². The average molecular weight is 340 g/mol. The first-order valence-corrected chi connectivity index (χ1v) is 8.66. The van der Waals surface area contributed by atoms with Gasteiger partial charge in [-0.15, -0.1) is 0 Å². The Balaban J connectivity index is 1.64. The summed E-state index contributed by atoms with van der Waals surface area (Å²) in [5.74, 6) is 0.109. The summed E-state index contributed by atoms with van der Waals surface area (Å²) in [4.78, 5) is 26.0. The molecule has 1 aliphatic rings. The summed E-state index contributed by atoms with van der Waals surface area (Å²) in [6.07, 6.45) is 5.24. The molecule has 6 nitrogen and oxygen atoms in total. The van der Waals surface area contributed by atoms with Gasteiger partial charge in [-0.1, -0.05) is 13.0 Å². The Morgan fingerprint density at radius 2 is 2.00 bits per heavy atom. The fourth-order valence-electron chi connectivity index (χ4n) is 3.23. The minimum absolute atomic E-state index is 0.109. The summed E-state index contributed by atoms with van der Waals surface area (Å²) in [6.45, 7) is 5.35. The fraction of sp³-hybridized carbons (Fsp3) is 0.368. The number of likely N-dealkylation sites (tertiary alicyclic amines) is 1. The molecule has 25 heavy (non-hydrogen) atoms. The van der Waals surface area contributed by atoms with Gasteiger partial charge in [0.25, 0.3) is 0 Å². The molecule has 0 radical (unpaired) electrons. The number of rotatable bonds is 5. The zero-order chi connectivity index (χ0) is 17.8. The first kappa shape index (κ1) is 17.1. The largest absolute Gasteiger partial charge is 0.341 e. The molecule has 0 bridgehead atoms. The molecule has 3 amide bonds. The number of hydrogen-bond acceptors (Lipinski definition) is 2. The van der Waals surface area contributed by atoms with Gasteiger partial charge in [0.15, 0.2) is 0 Å². The number of anilines is 1. The fourth-order valence-corrected chi connectivity index (χ4v) is 3.23. The predicted octanol–water partition coefficient (Wildman–Crippen LogP) is 2.92. The first-order valence-electron chi connectivity index (χ1n) is 8.66. The third-order valence-electron chi connectivity index (χ3n) is 4.48. The zero-order valence-electron chi connectivity index (χ0n) is 14.7. The van der Waals surface area contributed by atoms with Crippen LogP contribution in [0.15, 0.2) is 42.7 Å². The van der Waals surface area contributed by atoms with Crippen LogP contribution >= 0.6 is 0 Å². The minimum Gasteiger partial charge on any atom is -0.341 e. The molecule has 2 heterocycles. The maximum absolute atomic E-state index is 12.3. The SMILES string of the molecule is CCCN1CC(NC(=O)Nc2cccc(-n3cccc3)c2C)CC1=O. The molecule has 1 aromatic carbocycles. The topological polar surface area (TPSA) is 66.4 Å². The van der Waals surface area contributed by atoms with Crippen molar-refractivity contribution in [3.8, 4) is 5.69 Å². The number of aromatic nitrogens is 1. The molecule has 3 rings (SSSR count). The lowest BCUT2D eigenvalue weighted by atomic mass is 10.1. The smallest absolute Gasteiger partial charge is 0.319 e. The average Bonchev–Trinajstić information content (AvgIpc) is 3.20. The normalized spacial score (nSPS) is 17.0. The molecule has 0 saturated carbocycles. The van der Waals surface area contributed by atoms with Crippen molar-refractivity contribution >= 4 is 17.6 Å². The van der Waals surface area contributed by atoms with Crippen LogP contribution in [-0.4, -0.2) is 40.5 Å². The number of benzene rings is 1. The lowest BCUT2D eigenvalue weighted by Crippen LogP contribution is -2.39. The molecule has 1 aromatic heterocycles. The van der Waals surface area contributed by atoms with E-state index in [0.717, 1.165) is 29.9 Å². The molecule has 1 aliphatic heterocycles. The summed E-state index contributed by atoms with van der Waals surface area (Å²) in [7, 11) is 0. The molecule has 1 unspecified atom stereocenters. The van der Waals surface area contributed by atoms with Crippen LogP contribution in [0.5, 0.6) is 0 Å². The Morgan fingerprint density at radius 1 is 1.24 bits per heavy atom. The van der Waals surface area contributed by atoms with Crippen LogP contribution in [0.4, 0.5) is 10.5 Å². The lowest BCUT2D eigenvalue weighted by Gasteiger charge is -2.17. The van der Waals surface area contributed by atoms with Gasteiger partial charge in [0, 0.05) is 43.3 Å². The van der Waals surface area contributed by atoms with E-state index >= 15 is 0 Å². The monoisotopic (exact) mass is 340 g/mol. The number of carbonyl (C=O) groups excluding carboxylic acids is 2. The highest BCUT2D eigenvalue weighted by atomic mass is 16.2. The van der Waals surface area contributed by atoms with Crippen LogP contribution < -0.4 is 10.6 Å². The Labute approximate surface area is 147 Å². The molecule has 6 heteroatoms. The van der Waals surface area contributed by atoms with Gasteiger partial charge in [0.1, 0.15) is 0 Å². The van der Waals surface area contributed by atoms with Crippen LogP contribution in [0.1, 0.15) is 25.3 Å². The molecular formula is C19H24N4O2. The minimum atomic E-state index is -0.274. The lowest BCUT2D eigenvalue weighted by molar-refractivity contribution is -0.127. The highest BCUT2D eigenvalue weighted by Gasteiger charge is 2.29. The Bertz CT molecular complexity index is 755. The number of urea groups is 1.